The third-order valence-electron chi connectivity index (χ3n) is 4.21. The Balaban J connectivity index is 1.69. The van der Waals surface area contributed by atoms with Crippen LogP contribution < -0.4 is 0 Å². The van der Waals surface area contributed by atoms with Crippen LogP contribution in [0.25, 0.3) is 10.6 Å². The van der Waals surface area contributed by atoms with Gasteiger partial charge in [0.25, 0.3) is 0 Å². The molecule has 1 aromatic heterocycles. The first-order valence-electron chi connectivity index (χ1n) is 8.00. The van der Waals surface area contributed by atoms with Crippen LogP contribution in [0.3, 0.4) is 0 Å². The van der Waals surface area contributed by atoms with Crippen molar-refractivity contribution < 1.29 is 4.79 Å². The third kappa shape index (κ3) is 3.93. The van der Waals surface area contributed by atoms with Crippen LogP contribution in [-0.4, -0.2) is 28.9 Å². The summed E-state index contributed by atoms with van der Waals surface area (Å²) in [6.45, 7) is 6.16. The molecule has 23 heavy (non-hydrogen) atoms. The van der Waals surface area contributed by atoms with E-state index in [-0.39, 0.29) is 5.91 Å². The number of likely N-dealkylation sites (tertiary alicyclic amines) is 1. The highest BCUT2D eigenvalue weighted by Gasteiger charge is 2.25. The Bertz CT molecular complexity index is 690. The number of carbonyl (C=O) groups excluding carboxylic acids is 1. The highest BCUT2D eigenvalue weighted by molar-refractivity contribution is 7.13. The van der Waals surface area contributed by atoms with E-state index in [1.54, 1.807) is 11.3 Å². The van der Waals surface area contributed by atoms with E-state index in [1.807, 2.05) is 34.5 Å². The van der Waals surface area contributed by atoms with Crippen molar-refractivity contribution in [1.82, 2.24) is 9.88 Å². The van der Waals surface area contributed by atoms with Gasteiger partial charge in [-0.1, -0.05) is 43.6 Å². The van der Waals surface area contributed by atoms with Crippen molar-refractivity contribution in [3.63, 3.8) is 0 Å². The summed E-state index contributed by atoms with van der Waals surface area (Å²) in [7, 11) is 0. The molecule has 1 aliphatic heterocycles. The largest absolute Gasteiger partial charge is 0.342 e. The Hall–Kier alpha value is -1.39. The fourth-order valence-electron chi connectivity index (χ4n) is 3.28. The Kier molecular flexibility index (Phi) is 5.02. The zero-order chi connectivity index (χ0) is 16.4. The molecule has 0 spiro atoms. The molecule has 0 radical (unpaired) electrons. The first kappa shape index (κ1) is 16.5. The highest BCUT2D eigenvalue weighted by atomic mass is 35.5. The Morgan fingerprint density at radius 2 is 2.00 bits per heavy atom. The van der Waals surface area contributed by atoms with Gasteiger partial charge >= 0.3 is 0 Å². The monoisotopic (exact) mass is 348 g/mol. The van der Waals surface area contributed by atoms with E-state index < -0.39 is 0 Å². The van der Waals surface area contributed by atoms with Crippen LogP contribution in [0.4, 0.5) is 0 Å². The second kappa shape index (κ2) is 7.02. The number of halogens is 1. The number of piperidine rings is 1. The number of rotatable bonds is 3. The lowest BCUT2D eigenvalue weighted by atomic mass is 9.92. The normalized spacial score (nSPS) is 21.4. The maximum Gasteiger partial charge on any atom is 0.228 e. The number of hydrogen-bond acceptors (Lipinski definition) is 3. The van der Waals surface area contributed by atoms with Crippen molar-refractivity contribution in [2.45, 2.75) is 26.7 Å². The Morgan fingerprint density at radius 3 is 2.70 bits per heavy atom. The minimum absolute atomic E-state index is 0.180. The number of hydrogen-bond donors (Lipinski definition) is 0. The van der Waals surface area contributed by atoms with Gasteiger partial charge in [0.15, 0.2) is 0 Å². The Morgan fingerprint density at radius 1 is 1.30 bits per heavy atom. The minimum Gasteiger partial charge on any atom is -0.342 e. The van der Waals surface area contributed by atoms with Crippen molar-refractivity contribution in [3.05, 3.63) is 40.4 Å². The van der Waals surface area contributed by atoms with Gasteiger partial charge in [-0.05, 0) is 24.3 Å². The predicted octanol–water partition coefficient (Wildman–Crippen LogP) is 4.51. The summed E-state index contributed by atoms with van der Waals surface area (Å²) >= 11 is 7.76. The topological polar surface area (TPSA) is 33.2 Å². The van der Waals surface area contributed by atoms with Crippen molar-refractivity contribution >= 4 is 28.8 Å². The molecule has 0 N–H and O–H groups in total. The maximum atomic E-state index is 12.5. The second-order valence-electron chi connectivity index (χ2n) is 6.55. The lowest BCUT2D eigenvalue weighted by Crippen LogP contribution is -2.43. The molecule has 2 atom stereocenters. The molecule has 5 heteroatoms. The van der Waals surface area contributed by atoms with E-state index >= 15 is 0 Å². The first-order valence-corrected chi connectivity index (χ1v) is 9.25. The molecule has 1 amide bonds. The molecular weight excluding hydrogens is 328 g/mol. The van der Waals surface area contributed by atoms with Crippen molar-refractivity contribution in [3.8, 4) is 10.6 Å². The molecule has 1 aliphatic rings. The van der Waals surface area contributed by atoms with Crippen LogP contribution in [0.2, 0.25) is 5.02 Å². The third-order valence-corrected chi connectivity index (χ3v) is 5.46. The standard InChI is InChI=1S/C18H21ClN2OS/c1-12-7-13(2)10-21(9-12)17(22)8-14-11-23-18(20-14)15-5-3-4-6-16(15)19/h3-6,11-13H,7-10H2,1-2H3. The molecule has 3 rings (SSSR count). The van der Waals surface area contributed by atoms with Crippen molar-refractivity contribution in [1.29, 1.82) is 0 Å². The van der Waals surface area contributed by atoms with Gasteiger partial charge in [0.1, 0.15) is 5.01 Å². The predicted molar refractivity (Wildman–Crippen MR) is 95.8 cm³/mol. The molecule has 0 saturated carbocycles. The van der Waals surface area contributed by atoms with Gasteiger partial charge in [-0.15, -0.1) is 11.3 Å². The summed E-state index contributed by atoms with van der Waals surface area (Å²) in [5.74, 6) is 1.34. The number of thiazole rings is 1. The summed E-state index contributed by atoms with van der Waals surface area (Å²) in [6.07, 6.45) is 1.58. The van der Waals surface area contributed by atoms with Gasteiger partial charge in [-0.2, -0.15) is 0 Å². The average Bonchev–Trinajstić information content (AvgIpc) is 2.95. The second-order valence-corrected chi connectivity index (χ2v) is 7.81. The molecule has 3 nitrogen and oxygen atoms in total. The fraction of sp³-hybridized carbons (Fsp3) is 0.444. The van der Waals surface area contributed by atoms with Crippen LogP contribution in [-0.2, 0) is 11.2 Å². The summed E-state index contributed by atoms with van der Waals surface area (Å²) in [5.41, 5.74) is 1.76. The molecule has 1 saturated heterocycles. The molecule has 0 bridgehead atoms. The minimum atomic E-state index is 0.180. The number of benzene rings is 1. The lowest BCUT2D eigenvalue weighted by Gasteiger charge is -2.35. The number of amides is 1. The average molecular weight is 349 g/mol. The molecule has 1 aromatic carbocycles. The summed E-state index contributed by atoms with van der Waals surface area (Å²) in [6, 6.07) is 7.67. The molecule has 2 aromatic rings. The molecule has 2 unspecified atom stereocenters. The molecule has 2 heterocycles. The van der Waals surface area contributed by atoms with Crippen LogP contribution in [0.1, 0.15) is 26.0 Å². The lowest BCUT2D eigenvalue weighted by molar-refractivity contribution is -0.133. The zero-order valence-corrected chi connectivity index (χ0v) is 15.0. The van der Waals surface area contributed by atoms with Gasteiger partial charge in [-0.25, -0.2) is 4.98 Å². The molecule has 1 fully saturated rings. The summed E-state index contributed by atoms with van der Waals surface area (Å²) in [5, 5.41) is 3.53. The molecule has 122 valence electrons. The van der Waals surface area contributed by atoms with Crippen LogP contribution >= 0.6 is 22.9 Å². The van der Waals surface area contributed by atoms with Crippen LogP contribution in [0.5, 0.6) is 0 Å². The SMILES string of the molecule is CC1CC(C)CN(C(=O)Cc2csc(-c3ccccc3Cl)n2)C1. The van der Waals surface area contributed by atoms with E-state index in [4.69, 9.17) is 11.6 Å². The zero-order valence-electron chi connectivity index (χ0n) is 13.5. The van der Waals surface area contributed by atoms with Crippen molar-refractivity contribution in [2.75, 3.05) is 13.1 Å². The molecular formula is C18H21ClN2OS. The van der Waals surface area contributed by atoms with Gasteiger partial charge in [0, 0.05) is 24.0 Å². The van der Waals surface area contributed by atoms with E-state index in [9.17, 15) is 4.79 Å². The van der Waals surface area contributed by atoms with E-state index in [2.05, 4.69) is 18.8 Å². The van der Waals surface area contributed by atoms with E-state index in [0.29, 0.717) is 23.3 Å². The Labute approximate surface area is 146 Å². The van der Waals surface area contributed by atoms with Crippen LogP contribution in [0.15, 0.2) is 29.6 Å². The van der Waals surface area contributed by atoms with Crippen molar-refractivity contribution in [2.24, 2.45) is 11.8 Å². The van der Waals surface area contributed by atoms with Crippen LogP contribution in [0, 0.1) is 11.8 Å². The van der Waals surface area contributed by atoms with Gasteiger partial charge in [0.2, 0.25) is 5.91 Å². The number of carbonyl (C=O) groups is 1. The highest BCUT2D eigenvalue weighted by Crippen LogP contribution is 2.30. The van der Waals surface area contributed by atoms with Gasteiger partial charge in [-0.3, -0.25) is 4.79 Å². The quantitative estimate of drug-likeness (QED) is 0.817. The van der Waals surface area contributed by atoms with E-state index in [1.165, 1.54) is 6.42 Å². The summed E-state index contributed by atoms with van der Waals surface area (Å²) in [4.78, 5) is 19.1. The van der Waals surface area contributed by atoms with E-state index in [0.717, 1.165) is 29.4 Å². The number of nitrogens with zero attached hydrogens (tertiary/aromatic N) is 2. The summed E-state index contributed by atoms with van der Waals surface area (Å²) < 4.78 is 0. The smallest absolute Gasteiger partial charge is 0.228 e. The fourth-order valence-corrected chi connectivity index (χ4v) is 4.42. The first-order chi connectivity index (χ1) is 11.0. The number of aromatic nitrogens is 1. The van der Waals surface area contributed by atoms with Gasteiger partial charge < -0.3 is 4.90 Å². The maximum absolute atomic E-state index is 12.5. The van der Waals surface area contributed by atoms with Gasteiger partial charge in [0.05, 0.1) is 17.1 Å². The molecule has 0 aliphatic carbocycles.